The number of ether oxygens (including phenoxy) is 2. The van der Waals surface area contributed by atoms with Crippen LogP contribution in [0.3, 0.4) is 0 Å². The minimum atomic E-state index is -4.70. The monoisotopic (exact) mass is 303 g/mol. The van der Waals surface area contributed by atoms with Crippen LogP contribution < -0.4 is 10.1 Å². The summed E-state index contributed by atoms with van der Waals surface area (Å²) in [4.78, 5) is 0. The molecule has 0 saturated carbocycles. The van der Waals surface area contributed by atoms with Gasteiger partial charge in [0.05, 0.1) is 12.1 Å². The molecule has 1 aromatic carbocycles. The summed E-state index contributed by atoms with van der Waals surface area (Å²) in [6.07, 6.45) is -3.94. The van der Waals surface area contributed by atoms with E-state index in [0.717, 1.165) is 6.42 Å². The van der Waals surface area contributed by atoms with E-state index in [0.29, 0.717) is 18.7 Å². The van der Waals surface area contributed by atoms with Crippen LogP contribution >= 0.6 is 0 Å². The molecule has 1 aliphatic heterocycles. The summed E-state index contributed by atoms with van der Waals surface area (Å²) in [7, 11) is 0. The van der Waals surface area contributed by atoms with E-state index in [1.165, 1.54) is 12.1 Å². The van der Waals surface area contributed by atoms with Crippen molar-refractivity contribution in [2.75, 3.05) is 13.2 Å². The summed E-state index contributed by atoms with van der Waals surface area (Å²) < 4.78 is 47.5. The first-order valence-corrected chi connectivity index (χ1v) is 7.12. The van der Waals surface area contributed by atoms with Gasteiger partial charge in [-0.1, -0.05) is 32.0 Å². The lowest BCUT2D eigenvalue weighted by molar-refractivity contribution is -0.275. The average molecular weight is 303 g/mol. The van der Waals surface area contributed by atoms with Crippen LogP contribution in [0.2, 0.25) is 0 Å². The molecule has 3 unspecified atom stereocenters. The Morgan fingerprint density at radius 3 is 2.67 bits per heavy atom. The quantitative estimate of drug-likeness (QED) is 0.900. The Morgan fingerprint density at radius 2 is 2.10 bits per heavy atom. The number of hydrogen-bond donors (Lipinski definition) is 1. The zero-order chi connectivity index (χ0) is 15.5. The third-order valence-electron chi connectivity index (χ3n) is 3.68. The minimum absolute atomic E-state index is 0.150. The third-order valence-corrected chi connectivity index (χ3v) is 3.68. The van der Waals surface area contributed by atoms with Crippen LogP contribution in [0.1, 0.15) is 31.9 Å². The number of para-hydroxylation sites is 1. The first-order valence-electron chi connectivity index (χ1n) is 7.12. The molecule has 1 aromatic rings. The molecule has 3 nitrogen and oxygen atoms in total. The van der Waals surface area contributed by atoms with Crippen molar-refractivity contribution in [2.24, 2.45) is 5.92 Å². The van der Waals surface area contributed by atoms with E-state index in [1.807, 2.05) is 6.92 Å². The van der Waals surface area contributed by atoms with E-state index in [-0.39, 0.29) is 23.8 Å². The highest BCUT2D eigenvalue weighted by Gasteiger charge is 2.37. The van der Waals surface area contributed by atoms with Gasteiger partial charge >= 0.3 is 6.36 Å². The van der Waals surface area contributed by atoms with Gasteiger partial charge in [-0.3, -0.25) is 0 Å². The van der Waals surface area contributed by atoms with Crippen molar-refractivity contribution in [3.63, 3.8) is 0 Å². The summed E-state index contributed by atoms with van der Waals surface area (Å²) >= 11 is 0. The Balaban J connectivity index is 2.31. The van der Waals surface area contributed by atoms with Gasteiger partial charge in [-0.15, -0.1) is 13.2 Å². The van der Waals surface area contributed by atoms with Crippen LogP contribution in [0.5, 0.6) is 5.75 Å². The topological polar surface area (TPSA) is 30.5 Å². The number of halogens is 3. The molecule has 0 aliphatic carbocycles. The predicted octanol–water partition coefficient (Wildman–Crippen LogP) is 3.66. The van der Waals surface area contributed by atoms with E-state index in [2.05, 4.69) is 17.0 Å². The highest BCUT2D eigenvalue weighted by Crippen LogP contribution is 2.37. The van der Waals surface area contributed by atoms with Crippen LogP contribution in [0.15, 0.2) is 24.3 Å². The Morgan fingerprint density at radius 1 is 1.38 bits per heavy atom. The summed E-state index contributed by atoms with van der Waals surface area (Å²) in [6, 6.07) is 5.93. The Kier molecular flexibility index (Phi) is 5.11. The molecular weight excluding hydrogens is 283 g/mol. The van der Waals surface area contributed by atoms with Gasteiger partial charge in [-0.2, -0.15) is 0 Å². The average Bonchev–Trinajstić information content (AvgIpc) is 2.81. The number of rotatable bonds is 5. The fraction of sp³-hybridized carbons (Fsp3) is 0.600. The molecule has 6 heteroatoms. The van der Waals surface area contributed by atoms with E-state index < -0.39 is 6.36 Å². The van der Waals surface area contributed by atoms with Gasteiger partial charge in [0.1, 0.15) is 5.75 Å². The second kappa shape index (κ2) is 6.66. The zero-order valence-electron chi connectivity index (χ0n) is 12.1. The molecule has 21 heavy (non-hydrogen) atoms. The van der Waals surface area contributed by atoms with E-state index >= 15 is 0 Å². The van der Waals surface area contributed by atoms with Crippen LogP contribution in [0.25, 0.3) is 0 Å². The SMILES string of the molecule is CCNC(c1ccccc1OC(F)(F)F)C1OCCC1C. The highest BCUT2D eigenvalue weighted by molar-refractivity contribution is 5.37. The molecular formula is C15H20F3NO2. The van der Waals surface area contributed by atoms with Crippen molar-refractivity contribution in [1.29, 1.82) is 0 Å². The first-order chi connectivity index (χ1) is 9.92. The molecule has 1 fully saturated rings. The normalized spacial score (nSPS) is 24.0. The minimum Gasteiger partial charge on any atom is -0.405 e. The van der Waals surface area contributed by atoms with E-state index in [4.69, 9.17) is 4.74 Å². The fourth-order valence-electron chi connectivity index (χ4n) is 2.72. The van der Waals surface area contributed by atoms with Crippen molar-refractivity contribution in [3.05, 3.63) is 29.8 Å². The maximum absolute atomic E-state index is 12.6. The first kappa shape index (κ1) is 16.1. The molecule has 1 heterocycles. The summed E-state index contributed by atoms with van der Waals surface area (Å²) in [6.45, 7) is 5.24. The van der Waals surface area contributed by atoms with Crippen molar-refractivity contribution in [2.45, 2.75) is 38.8 Å². The van der Waals surface area contributed by atoms with Gasteiger partial charge in [0.2, 0.25) is 0 Å². The number of likely N-dealkylation sites (N-methyl/N-ethyl adjacent to an activating group) is 1. The molecule has 1 saturated heterocycles. The Bertz CT molecular complexity index is 464. The summed E-state index contributed by atoms with van der Waals surface area (Å²) in [5, 5.41) is 3.23. The molecule has 0 spiro atoms. The molecule has 0 aromatic heterocycles. The maximum atomic E-state index is 12.6. The Labute approximate surface area is 122 Å². The predicted molar refractivity (Wildman–Crippen MR) is 73.1 cm³/mol. The van der Waals surface area contributed by atoms with Crippen molar-refractivity contribution >= 4 is 0 Å². The summed E-state index contributed by atoms with van der Waals surface area (Å²) in [5.41, 5.74) is 0.482. The highest BCUT2D eigenvalue weighted by atomic mass is 19.4. The molecule has 1 aliphatic rings. The number of alkyl halides is 3. The van der Waals surface area contributed by atoms with E-state index in [1.54, 1.807) is 12.1 Å². The lowest BCUT2D eigenvalue weighted by Gasteiger charge is -2.28. The molecule has 3 atom stereocenters. The number of benzene rings is 1. The van der Waals surface area contributed by atoms with Gasteiger partial charge < -0.3 is 14.8 Å². The lowest BCUT2D eigenvalue weighted by Crippen LogP contribution is -2.35. The zero-order valence-corrected chi connectivity index (χ0v) is 12.1. The largest absolute Gasteiger partial charge is 0.573 e. The number of nitrogens with one attached hydrogen (secondary N) is 1. The van der Waals surface area contributed by atoms with Gasteiger partial charge in [0, 0.05) is 12.2 Å². The van der Waals surface area contributed by atoms with Gasteiger partial charge in [0.25, 0.3) is 0 Å². The van der Waals surface area contributed by atoms with E-state index in [9.17, 15) is 13.2 Å². The standard InChI is InChI=1S/C15H20F3NO2/c1-3-19-13(14-10(2)8-9-20-14)11-6-4-5-7-12(11)21-15(16,17)18/h4-7,10,13-14,19H,3,8-9H2,1-2H3. The van der Waals surface area contributed by atoms with Crippen LogP contribution in [0, 0.1) is 5.92 Å². The number of hydrogen-bond acceptors (Lipinski definition) is 3. The van der Waals surface area contributed by atoms with Crippen molar-refractivity contribution < 1.29 is 22.6 Å². The van der Waals surface area contributed by atoms with Gasteiger partial charge in [0.15, 0.2) is 0 Å². The molecule has 0 bridgehead atoms. The lowest BCUT2D eigenvalue weighted by atomic mass is 9.92. The fourth-order valence-corrected chi connectivity index (χ4v) is 2.72. The Hall–Kier alpha value is -1.27. The van der Waals surface area contributed by atoms with Crippen molar-refractivity contribution in [3.8, 4) is 5.75 Å². The molecule has 1 N–H and O–H groups in total. The van der Waals surface area contributed by atoms with Crippen molar-refractivity contribution in [1.82, 2.24) is 5.32 Å². The van der Waals surface area contributed by atoms with Crippen LogP contribution in [-0.4, -0.2) is 25.6 Å². The second-order valence-electron chi connectivity index (χ2n) is 5.22. The smallest absolute Gasteiger partial charge is 0.405 e. The van der Waals surface area contributed by atoms with Crippen LogP contribution in [-0.2, 0) is 4.74 Å². The second-order valence-corrected chi connectivity index (χ2v) is 5.22. The molecule has 0 amide bonds. The molecule has 2 rings (SSSR count). The summed E-state index contributed by atoms with van der Waals surface area (Å²) in [5.74, 6) is 0.117. The van der Waals surface area contributed by atoms with Crippen LogP contribution in [0.4, 0.5) is 13.2 Å². The molecule has 0 radical (unpaired) electrons. The van der Waals surface area contributed by atoms with Gasteiger partial charge in [-0.25, -0.2) is 0 Å². The third kappa shape index (κ3) is 4.11. The van der Waals surface area contributed by atoms with Gasteiger partial charge in [-0.05, 0) is 24.9 Å². The maximum Gasteiger partial charge on any atom is 0.573 e. The molecule has 118 valence electrons.